The Morgan fingerprint density at radius 3 is 1.45 bits per heavy atom. The van der Waals surface area contributed by atoms with Gasteiger partial charge in [0.25, 0.3) is 0 Å². The minimum Gasteiger partial charge on any atom is -0.661 e. The second kappa shape index (κ2) is 29.2. The summed E-state index contributed by atoms with van der Waals surface area (Å²) in [5.74, 6) is 0. The molecule has 56 heavy (non-hydrogen) atoms. The molecule has 0 heterocycles. The molecule has 4 nitrogen and oxygen atoms in total. The topological polar surface area (TPSA) is 50.9 Å². The molecule has 0 aliphatic rings. The van der Waals surface area contributed by atoms with E-state index in [9.17, 15) is 0 Å². The molecule has 4 rings (SSSR count). The van der Waals surface area contributed by atoms with Crippen molar-refractivity contribution in [3.8, 4) is 0 Å². The van der Waals surface area contributed by atoms with Crippen molar-refractivity contribution in [2.24, 2.45) is 9.98 Å². The molecule has 0 aliphatic heterocycles. The van der Waals surface area contributed by atoms with Crippen LogP contribution in [-0.2, 0) is 0 Å². The van der Waals surface area contributed by atoms with E-state index >= 15 is 0 Å². The Bertz CT molecular complexity index is 1800. The van der Waals surface area contributed by atoms with Crippen molar-refractivity contribution < 1.29 is 37.7 Å². The summed E-state index contributed by atoms with van der Waals surface area (Å²) in [5.41, 5.74) is 13.2. The number of allylic oxidation sites excluding steroid dienone is 4. The summed E-state index contributed by atoms with van der Waals surface area (Å²) in [6.45, 7) is 22.3. The average molecular weight is 811 g/mol. The summed E-state index contributed by atoms with van der Waals surface area (Å²) >= 11 is 6.94. The van der Waals surface area contributed by atoms with Crippen LogP contribution in [0.4, 0.5) is 22.7 Å². The Morgan fingerprint density at radius 2 is 1.00 bits per heavy atom. The molecular formula is C46H60Li2N4S4. The van der Waals surface area contributed by atoms with Crippen molar-refractivity contribution >= 4 is 81.2 Å². The van der Waals surface area contributed by atoms with E-state index in [0.29, 0.717) is 0 Å². The van der Waals surface area contributed by atoms with Crippen LogP contribution < -0.4 is 43.0 Å². The number of unbranched alkanes of at least 4 members (excludes halogenated alkanes) is 1. The molecule has 290 valence electrons. The van der Waals surface area contributed by atoms with Gasteiger partial charge in [-0.3, -0.25) is 9.98 Å². The molecule has 0 saturated carbocycles. The van der Waals surface area contributed by atoms with Gasteiger partial charge in [0.15, 0.2) is 0 Å². The molecule has 0 atom stereocenters. The maximum atomic E-state index is 4.78. The fourth-order valence-electron chi connectivity index (χ4n) is 5.06. The second-order valence-corrected chi connectivity index (χ2v) is 16.3. The van der Waals surface area contributed by atoms with Gasteiger partial charge in [-0.25, -0.2) is 0 Å². The standard InChI is InChI=1S/C21H26N2S2.C21H25N2S2.C4H9.2Li/c2*1-14-7-9-18(20(11-14)24-5)22-16(3)13-17(4)23-19-10-8-15(2)12-21(19)25-6;1-3-4-2;;/h7-13,22H,1-6H3;7-13H,1-6H3;1,3-4H2,2H3;;/q;2*-1;2*+1/b2*16-13-,23-17?;;;. The number of rotatable bonds is 13. The van der Waals surface area contributed by atoms with E-state index in [4.69, 9.17) is 15.3 Å². The molecule has 0 radical (unpaired) electrons. The fraction of sp³-hybridized carbons (Fsp3) is 0.326. The van der Waals surface area contributed by atoms with Crippen molar-refractivity contribution in [2.45, 2.75) is 94.7 Å². The summed E-state index contributed by atoms with van der Waals surface area (Å²) in [7, 11) is 0. The van der Waals surface area contributed by atoms with Crippen LogP contribution in [-0.4, -0.2) is 36.4 Å². The molecule has 0 amide bonds. The van der Waals surface area contributed by atoms with Crippen LogP contribution in [0.2, 0.25) is 0 Å². The first-order valence-corrected chi connectivity index (χ1v) is 23.0. The minimum absolute atomic E-state index is 0. The quantitative estimate of drug-likeness (QED) is 0.0631. The third kappa shape index (κ3) is 19.6. The monoisotopic (exact) mass is 810 g/mol. The van der Waals surface area contributed by atoms with Gasteiger partial charge in [-0.1, -0.05) is 62.2 Å². The molecule has 0 bridgehead atoms. The van der Waals surface area contributed by atoms with Crippen LogP contribution >= 0.6 is 47.0 Å². The molecule has 0 saturated heterocycles. The van der Waals surface area contributed by atoms with E-state index in [1.807, 2.05) is 26.8 Å². The van der Waals surface area contributed by atoms with E-state index in [1.165, 1.54) is 48.3 Å². The smallest absolute Gasteiger partial charge is 0.661 e. The maximum absolute atomic E-state index is 4.78. The Hall–Kier alpha value is -2.11. The summed E-state index contributed by atoms with van der Waals surface area (Å²) in [5, 5.41) is 8.26. The van der Waals surface area contributed by atoms with Crippen LogP contribution in [0.3, 0.4) is 0 Å². The van der Waals surface area contributed by atoms with Crippen LogP contribution in [0.1, 0.15) is 69.7 Å². The zero-order valence-electron chi connectivity index (χ0n) is 36.7. The number of anilines is 1. The third-order valence-corrected chi connectivity index (χ3v) is 10.9. The Kier molecular flexibility index (Phi) is 28.1. The van der Waals surface area contributed by atoms with Gasteiger partial charge < -0.3 is 17.6 Å². The second-order valence-electron chi connectivity index (χ2n) is 12.9. The first kappa shape index (κ1) is 53.9. The number of nitrogens with zero attached hydrogens (tertiary/aromatic N) is 3. The number of aryl methyl sites for hydroxylation is 4. The molecule has 0 fully saturated rings. The van der Waals surface area contributed by atoms with E-state index in [1.54, 1.807) is 47.0 Å². The van der Waals surface area contributed by atoms with E-state index in [-0.39, 0.29) is 37.7 Å². The van der Waals surface area contributed by atoms with Gasteiger partial charge in [0.1, 0.15) is 0 Å². The first-order chi connectivity index (χ1) is 25.8. The molecule has 10 heteroatoms. The van der Waals surface area contributed by atoms with E-state index in [0.717, 1.165) is 52.0 Å². The molecular weight excluding hydrogens is 751 g/mol. The molecule has 0 aliphatic carbocycles. The molecule has 1 N–H and O–H groups in total. The van der Waals surface area contributed by atoms with Gasteiger partial charge in [0.2, 0.25) is 0 Å². The van der Waals surface area contributed by atoms with Crippen molar-refractivity contribution in [1.82, 2.24) is 0 Å². The molecule has 4 aromatic rings. The van der Waals surface area contributed by atoms with Crippen molar-refractivity contribution in [3.63, 3.8) is 0 Å². The fourth-order valence-corrected chi connectivity index (χ4v) is 7.59. The maximum Gasteiger partial charge on any atom is 1.00 e. The summed E-state index contributed by atoms with van der Waals surface area (Å²) < 4.78 is 0. The predicted molar refractivity (Wildman–Crippen MR) is 252 cm³/mol. The van der Waals surface area contributed by atoms with Gasteiger partial charge in [-0.05, 0) is 144 Å². The summed E-state index contributed by atoms with van der Waals surface area (Å²) in [6.07, 6.45) is 14.8. The number of nitrogens with one attached hydrogen (secondary N) is 1. The van der Waals surface area contributed by atoms with E-state index in [2.05, 4.69) is 158 Å². The van der Waals surface area contributed by atoms with Crippen LogP contribution in [0.5, 0.6) is 0 Å². The molecule has 4 aromatic carbocycles. The number of hydrogen-bond acceptors (Lipinski definition) is 7. The number of aliphatic imine (C=N–C) groups is 2. The third-order valence-electron chi connectivity index (χ3n) is 7.78. The number of benzene rings is 4. The van der Waals surface area contributed by atoms with Gasteiger partial charge in [-0.15, -0.1) is 52.7 Å². The Morgan fingerprint density at radius 1 is 0.607 bits per heavy atom. The van der Waals surface area contributed by atoms with Gasteiger partial charge >= 0.3 is 37.7 Å². The summed E-state index contributed by atoms with van der Waals surface area (Å²) in [6, 6.07) is 25.6. The van der Waals surface area contributed by atoms with Crippen LogP contribution in [0, 0.1) is 34.6 Å². The van der Waals surface area contributed by atoms with Crippen LogP contribution in [0.25, 0.3) is 5.32 Å². The van der Waals surface area contributed by atoms with Gasteiger partial charge in [0.05, 0.1) is 17.1 Å². The zero-order chi connectivity index (χ0) is 40.2. The largest absolute Gasteiger partial charge is 1.00 e. The molecule has 0 unspecified atom stereocenters. The number of hydrogen-bond donors (Lipinski definition) is 1. The van der Waals surface area contributed by atoms with Gasteiger partial charge in [0, 0.05) is 31.8 Å². The van der Waals surface area contributed by atoms with Crippen molar-refractivity contribution in [2.75, 3.05) is 30.3 Å². The minimum atomic E-state index is 0. The Balaban J connectivity index is 0.000000954. The van der Waals surface area contributed by atoms with E-state index < -0.39 is 0 Å². The SMILES string of the molecule is CSc1cc(C)ccc1N=C(C)/C=C(/C)Nc1ccc(C)cc1SC.CSc1cc(C)ccc1N=C(C)/C=C(/C)[N-]c1ccc(C)cc1SC.[CH2-]CCC.[Li+].[Li+]. The Labute approximate surface area is 381 Å². The average Bonchev–Trinajstić information content (AvgIpc) is 3.14. The van der Waals surface area contributed by atoms with Crippen molar-refractivity contribution in [3.05, 3.63) is 131 Å². The first-order valence-electron chi connectivity index (χ1n) is 18.1. The van der Waals surface area contributed by atoms with Crippen LogP contribution in [0.15, 0.2) is 126 Å². The zero-order valence-corrected chi connectivity index (χ0v) is 39.9. The molecule has 0 aromatic heterocycles. The predicted octanol–water partition coefficient (Wildman–Crippen LogP) is 9.93. The number of thioether (sulfide) groups is 4. The molecule has 0 spiro atoms. The van der Waals surface area contributed by atoms with Crippen molar-refractivity contribution in [1.29, 1.82) is 0 Å². The summed E-state index contributed by atoms with van der Waals surface area (Å²) in [4.78, 5) is 14.4. The van der Waals surface area contributed by atoms with Gasteiger partial charge in [-0.2, -0.15) is 12.1 Å². The normalized spacial score (nSPS) is 11.6.